The Morgan fingerprint density at radius 3 is 2.56 bits per heavy atom. The molecule has 0 saturated carbocycles. The molecule has 0 unspecified atom stereocenters. The number of aryl methyl sites for hydroxylation is 1. The minimum Gasteiger partial charge on any atom is -0.421 e. The van der Waals surface area contributed by atoms with Crippen LogP contribution in [-0.4, -0.2) is 16.1 Å². The van der Waals surface area contributed by atoms with Gasteiger partial charge in [0.25, 0.3) is 0 Å². The first-order valence-corrected chi connectivity index (χ1v) is 8.66. The van der Waals surface area contributed by atoms with Crippen molar-refractivity contribution in [3.05, 3.63) is 64.5 Å². The van der Waals surface area contributed by atoms with E-state index < -0.39 is 11.7 Å². The SMILES string of the molecule is O=C(CCc1nnc(-c2cccc(C(F)(F)F)c2)o1)Nc1ccc(Br)cc1. The lowest BCUT2D eigenvalue weighted by Gasteiger charge is -2.06. The number of halogens is 4. The summed E-state index contributed by atoms with van der Waals surface area (Å²) < 4.78 is 44.6. The van der Waals surface area contributed by atoms with E-state index in [4.69, 9.17) is 4.42 Å². The van der Waals surface area contributed by atoms with Crippen molar-refractivity contribution in [1.82, 2.24) is 10.2 Å². The Hall–Kier alpha value is -2.68. The summed E-state index contributed by atoms with van der Waals surface area (Å²) >= 11 is 3.31. The Kier molecular flexibility index (Phi) is 5.59. The van der Waals surface area contributed by atoms with E-state index in [1.165, 1.54) is 12.1 Å². The number of amides is 1. The molecule has 0 saturated heterocycles. The third kappa shape index (κ3) is 5.16. The molecule has 140 valence electrons. The lowest BCUT2D eigenvalue weighted by atomic mass is 10.1. The Bertz CT molecular complexity index is 940. The van der Waals surface area contributed by atoms with Gasteiger partial charge in [0.05, 0.1) is 5.56 Å². The lowest BCUT2D eigenvalue weighted by molar-refractivity contribution is -0.137. The first-order valence-electron chi connectivity index (χ1n) is 7.87. The average Bonchev–Trinajstić information content (AvgIpc) is 3.10. The minimum absolute atomic E-state index is 0.0237. The van der Waals surface area contributed by atoms with Crippen LogP contribution in [0, 0.1) is 0 Å². The second kappa shape index (κ2) is 7.91. The van der Waals surface area contributed by atoms with Gasteiger partial charge in [0.1, 0.15) is 0 Å². The van der Waals surface area contributed by atoms with Crippen LogP contribution in [0.25, 0.3) is 11.5 Å². The zero-order valence-electron chi connectivity index (χ0n) is 13.8. The number of carbonyl (C=O) groups excluding carboxylic acids is 1. The fourth-order valence-electron chi connectivity index (χ4n) is 2.28. The molecule has 5 nitrogen and oxygen atoms in total. The van der Waals surface area contributed by atoms with E-state index in [2.05, 4.69) is 31.4 Å². The molecule has 0 bridgehead atoms. The van der Waals surface area contributed by atoms with Crippen molar-refractivity contribution < 1.29 is 22.4 Å². The van der Waals surface area contributed by atoms with Crippen LogP contribution in [0.4, 0.5) is 18.9 Å². The van der Waals surface area contributed by atoms with E-state index in [1.807, 2.05) is 0 Å². The van der Waals surface area contributed by atoms with Gasteiger partial charge in [-0.15, -0.1) is 10.2 Å². The van der Waals surface area contributed by atoms with Crippen LogP contribution in [0.3, 0.4) is 0 Å². The first kappa shape index (κ1) is 19.1. The van der Waals surface area contributed by atoms with Crippen LogP contribution in [-0.2, 0) is 17.4 Å². The fraction of sp³-hybridized carbons (Fsp3) is 0.167. The number of benzene rings is 2. The number of alkyl halides is 3. The van der Waals surface area contributed by atoms with Gasteiger partial charge in [-0.3, -0.25) is 4.79 Å². The van der Waals surface area contributed by atoms with Gasteiger partial charge in [-0.05, 0) is 42.5 Å². The molecule has 9 heteroatoms. The molecule has 0 spiro atoms. The zero-order valence-corrected chi connectivity index (χ0v) is 15.3. The van der Waals surface area contributed by atoms with E-state index in [1.54, 1.807) is 24.3 Å². The summed E-state index contributed by atoms with van der Waals surface area (Å²) in [6.07, 6.45) is -4.18. The molecule has 1 aromatic heterocycles. The maximum Gasteiger partial charge on any atom is 0.416 e. The first-order chi connectivity index (χ1) is 12.8. The largest absolute Gasteiger partial charge is 0.421 e. The Balaban J connectivity index is 1.61. The summed E-state index contributed by atoms with van der Waals surface area (Å²) in [6.45, 7) is 0. The van der Waals surface area contributed by atoms with Gasteiger partial charge in [-0.25, -0.2) is 0 Å². The van der Waals surface area contributed by atoms with Crippen molar-refractivity contribution in [3.63, 3.8) is 0 Å². The highest BCUT2D eigenvalue weighted by Gasteiger charge is 2.30. The maximum atomic E-state index is 12.8. The predicted octanol–water partition coefficient (Wildman–Crippen LogP) is 5.09. The molecule has 3 rings (SSSR count). The van der Waals surface area contributed by atoms with Crippen molar-refractivity contribution in [1.29, 1.82) is 0 Å². The third-order valence-electron chi connectivity index (χ3n) is 3.60. The van der Waals surface area contributed by atoms with Crippen molar-refractivity contribution in [2.24, 2.45) is 0 Å². The van der Waals surface area contributed by atoms with E-state index in [-0.39, 0.29) is 36.1 Å². The Morgan fingerprint density at radius 2 is 1.85 bits per heavy atom. The van der Waals surface area contributed by atoms with Gasteiger partial charge < -0.3 is 9.73 Å². The molecule has 1 heterocycles. The highest BCUT2D eigenvalue weighted by atomic mass is 79.9. The molecule has 0 aliphatic heterocycles. The molecule has 2 aromatic carbocycles. The lowest BCUT2D eigenvalue weighted by Crippen LogP contribution is -2.12. The van der Waals surface area contributed by atoms with Gasteiger partial charge in [0, 0.05) is 28.6 Å². The molecule has 0 radical (unpaired) electrons. The number of nitrogens with one attached hydrogen (secondary N) is 1. The van der Waals surface area contributed by atoms with Crippen LogP contribution in [0.15, 0.2) is 57.4 Å². The quantitative estimate of drug-likeness (QED) is 0.601. The molecular weight excluding hydrogens is 427 g/mol. The Morgan fingerprint density at radius 1 is 1.11 bits per heavy atom. The van der Waals surface area contributed by atoms with Gasteiger partial charge in [0.2, 0.25) is 17.7 Å². The maximum absolute atomic E-state index is 12.8. The number of aromatic nitrogens is 2. The molecule has 3 aromatic rings. The number of nitrogens with zero attached hydrogens (tertiary/aromatic N) is 2. The van der Waals surface area contributed by atoms with Gasteiger partial charge in [-0.1, -0.05) is 22.0 Å². The van der Waals surface area contributed by atoms with Crippen molar-refractivity contribution in [2.45, 2.75) is 19.0 Å². The van der Waals surface area contributed by atoms with Gasteiger partial charge >= 0.3 is 6.18 Å². The topological polar surface area (TPSA) is 68.0 Å². The highest BCUT2D eigenvalue weighted by molar-refractivity contribution is 9.10. The number of rotatable bonds is 5. The molecule has 1 amide bonds. The number of hydrogen-bond donors (Lipinski definition) is 1. The van der Waals surface area contributed by atoms with Crippen molar-refractivity contribution >= 4 is 27.5 Å². The summed E-state index contributed by atoms with van der Waals surface area (Å²) in [5.74, 6) is -0.0890. The molecule has 0 atom stereocenters. The van der Waals surface area contributed by atoms with Crippen LogP contribution in [0.2, 0.25) is 0 Å². The molecule has 1 N–H and O–H groups in total. The predicted molar refractivity (Wildman–Crippen MR) is 95.8 cm³/mol. The second-order valence-electron chi connectivity index (χ2n) is 5.63. The smallest absolute Gasteiger partial charge is 0.416 e. The molecule has 0 aliphatic carbocycles. The van der Waals surface area contributed by atoms with E-state index in [9.17, 15) is 18.0 Å². The Labute approximate surface area is 160 Å². The van der Waals surface area contributed by atoms with Crippen molar-refractivity contribution in [2.75, 3.05) is 5.32 Å². The standard InChI is InChI=1S/C18H13BrF3N3O2/c19-13-4-6-14(7-5-13)23-15(26)8-9-16-24-25-17(27-16)11-2-1-3-12(10-11)18(20,21)22/h1-7,10H,8-9H2,(H,23,26). The van der Waals surface area contributed by atoms with E-state index in [0.717, 1.165) is 16.6 Å². The second-order valence-corrected chi connectivity index (χ2v) is 6.55. The van der Waals surface area contributed by atoms with Crippen LogP contribution >= 0.6 is 15.9 Å². The average molecular weight is 440 g/mol. The summed E-state index contributed by atoms with van der Waals surface area (Å²) in [5.41, 5.74) is 0.0231. The van der Waals surface area contributed by atoms with Crippen LogP contribution < -0.4 is 5.32 Å². The number of carbonyl (C=O) groups is 1. The fourth-order valence-corrected chi connectivity index (χ4v) is 2.54. The van der Waals surface area contributed by atoms with E-state index in [0.29, 0.717) is 5.69 Å². The summed E-state index contributed by atoms with van der Waals surface area (Å²) in [4.78, 5) is 12.0. The minimum atomic E-state index is -4.45. The molecular formula is C18H13BrF3N3O2. The van der Waals surface area contributed by atoms with E-state index >= 15 is 0 Å². The third-order valence-corrected chi connectivity index (χ3v) is 4.13. The normalized spacial score (nSPS) is 11.4. The molecule has 0 fully saturated rings. The van der Waals surface area contributed by atoms with Gasteiger partial charge in [0.15, 0.2) is 0 Å². The zero-order chi connectivity index (χ0) is 19.4. The summed E-state index contributed by atoms with van der Waals surface area (Å²) in [6, 6.07) is 11.7. The number of anilines is 1. The van der Waals surface area contributed by atoms with Crippen molar-refractivity contribution in [3.8, 4) is 11.5 Å². The van der Waals surface area contributed by atoms with Crippen LogP contribution in [0.1, 0.15) is 17.9 Å². The highest BCUT2D eigenvalue weighted by Crippen LogP contribution is 2.31. The summed E-state index contributed by atoms with van der Waals surface area (Å²) in [5, 5.41) is 10.3. The van der Waals surface area contributed by atoms with Crippen LogP contribution in [0.5, 0.6) is 0 Å². The molecule has 27 heavy (non-hydrogen) atoms. The summed E-state index contributed by atoms with van der Waals surface area (Å²) in [7, 11) is 0. The molecule has 0 aliphatic rings. The van der Waals surface area contributed by atoms with Gasteiger partial charge in [-0.2, -0.15) is 13.2 Å². The monoisotopic (exact) mass is 439 g/mol. The number of hydrogen-bond acceptors (Lipinski definition) is 4.